The number of carbonyl (C=O) groups excluding carboxylic acids is 1. The molecule has 0 radical (unpaired) electrons. The van der Waals surface area contributed by atoms with E-state index < -0.39 is 16.6 Å². The highest BCUT2D eigenvalue weighted by molar-refractivity contribution is 6.79. The molecule has 0 aromatic carbocycles. The molecule has 0 heterocycles. The summed E-state index contributed by atoms with van der Waals surface area (Å²) >= 11 is 0. The van der Waals surface area contributed by atoms with E-state index in [4.69, 9.17) is 8.85 Å². The molecule has 5 heteroatoms. The summed E-state index contributed by atoms with van der Waals surface area (Å²) in [6, 6.07) is 0. The number of hydrogen-bond acceptors (Lipinski definition) is 3. The van der Waals surface area contributed by atoms with Gasteiger partial charge in [0.05, 0.1) is 5.92 Å². The third kappa shape index (κ3) is 3.66. The SMILES string of the molecule is CO[Si](C)(C)C1CC2CC(C(=O)O[Si](C(C)C)(C(C)C)C(C)C)C1C2. The van der Waals surface area contributed by atoms with Crippen LogP contribution in [0.15, 0.2) is 0 Å². The molecular formula is C20H40O3Si2. The largest absolute Gasteiger partial charge is 0.518 e. The van der Waals surface area contributed by atoms with Crippen molar-refractivity contribution in [1.82, 2.24) is 0 Å². The zero-order chi connectivity index (χ0) is 19.2. The molecule has 0 amide bonds. The predicted molar refractivity (Wildman–Crippen MR) is 110 cm³/mol. The predicted octanol–water partition coefficient (Wildman–Crippen LogP) is 5.97. The molecular weight excluding hydrogens is 344 g/mol. The van der Waals surface area contributed by atoms with Crippen molar-refractivity contribution in [1.29, 1.82) is 0 Å². The Morgan fingerprint density at radius 3 is 1.84 bits per heavy atom. The first kappa shape index (κ1) is 21.2. The van der Waals surface area contributed by atoms with Gasteiger partial charge in [-0.3, -0.25) is 4.79 Å². The molecule has 3 nitrogen and oxygen atoms in total. The molecule has 0 saturated heterocycles. The van der Waals surface area contributed by atoms with E-state index in [1.54, 1.807) is 0 Å². The molecule has 0 aliphatic heterocycles. The summed E-state index contributed by atoms with van der Waals surface area (Å²) in [5, 5.41) is 0. The van der Waals surface area contributed by atoms with Crippen molar-refractivity contribution in [2.75, 3.05) is 7.11 Å². The minimum absolute atomic E-state index is 0.119. The molecule has 2 fully saturated rings. The third-order valence-electron chi connectivity index (χ3n) is 7.52. The van der Waals surface area contributed by atoms with Crippen LogP contribution in [0.25, 0.3) is 0 Å². The standard InChI is InChI=1S/C20H40O3Si2/c1-13(2)25(14(3)4,15(5)6)23-20(21)18-11-16-10-17(18)19(12-16)24(8,9)22-7/h13-19H,10-12H2,1-9H3. The van der Waals surface area contributed by atoms with Gasteiger partial charge in [-0.2, -0.15) is 0 Å². The Morgan fingerprint density at radius 2 is 1.44 bits per heavy atom. The first-order valence-electron chi connectivity index (χ1n) is 10.2. The van der Waals surface area contributed by atoms with Gasteiger partial charge in [-0.15, -0.1) is 0 Å². The van der Waals surface area contributed by atoms with E-state index in [0.717, 1.165) is 6.42 Å². The summed E-state index contributed by atoms with van der Waals surface area (Å²) in [6.45, 7) is 18.2. The molecule has 2 saturated carbocycles. The van der Waals surface area contributed by atoms with E-state index >= 15 is 0 Å². The average molecular weight is 385 g/mol. The summed E-state index contributed by atoms with van der Waals surface area (Å²) in [6.07, 6.45) is 3.53. The van der Waals surface area contributed by atoms with Crippen molar-refractivity contribution in [3.05, 3.63) is 0 Å². The van der Waals surface area contributed by atoms with E-state index in [9.17, 15) is 4.79 Å². The second kappa shape index (κ2) is 7.47. The third-order valence-corrected chi connectivity index (χ3v) is 17.0. The fourth-order valence-corrected chi connectivity index (χ4v) is 14.0. The summed E-state index contributed by atoms with van der Waals surface area (Å²) in [7, 11) is -1.98. The minimum Gasteiger partial charge on any atom is -0.518 e. The Balaban J connectivity index is 2.20. The summed E-state index contributed by atoms with van der Waals surface area (Å²) in [5.41, 5.74) is 1.98. The van der Waals surface area contributed by atoms with Crippen LogP contribution in [0.1, 0.15) is 60.8 Å². The molecule has 0 aromatic heterocycles. The van der Waals surface area contributed by atoms with Gasteiger partial charge in [-0.25, -0.2) is 0 Å². The highest BCUT2D eigenvalue weighted by atomic mass is 28.4. The zero-order valence-corrected chi connectivity index (χ0v) is 19.9. The topological polar surface area (TPSA) is 35.5 Å². The highest BCUT2D eigenvalue weighted by Gasteiger charge is 2.57. The molecule has 2 aliphatic carbocycles. The van der Waals surface area contributed by atoms with Crippen LogP contribution in [-0.2, 0) is 13.6 Å². The molecule has 4 unspecified atom stereocenters. The van der Waals surface area contributed by atoms with Crippen LogP contribution in [0.5, 0.6) is 0 Å². The number of carbonyl (C=O) groups is 1. The van der Waals surface area contributed by atoms with Gasteiger partial charge in [-0.1, -0.05) is 41.5 Å². The molecule has 4 atom stereocenters. The van der Waals surface area contributed by atoms with E-state index in [2.05, 4.69) is 54.6 Å². The van der Waals surface area contributed by atoms with Gasteiger partial charge in [0.1, 0.15) is 0 Å². The number of fused-ring (bicyclic) bond motifs is 2. The van der Waals surface area contributed by atoms with Crippen molar-refractivity contribution in [3.63, 3.8) is 0 Å². The van der Waals surface area contributed by atoms with Crippen molar-refractivity contribution in [2.45, 2.75) is 96.1 Å². The first-order valence-corrected chi connectivity index (χ1v) is 15.4. The van der Waals surface area contributed by atoms with E-state index in [1.807, 2.05) is 7.11 Å². The zero-order valence-electron chi connectivity index (χ0n) is 17.9. The van der Waals surface area contributed by atoms with Crippen LogP contribution in [0.3, 0.4) is 0 Å². The van der Waals surface area contributed by atoms with Crippen LogP contribution < -0.4 is 0 Å². The van der Waals surface area contributed by atoms with Crippen molar-refractivity contribution >= 4 is 22.6 Å². The monoisotopic (exact) mass is 384 g/mol. The fraction of sp³-hybridized carbons (Fsp3) is 0.950. The first-order chi connectivity index (χ1) is 11.5. The maximum absolute atomic E-state index is 13.3. The quantitative estimate of drug-likeness (QED) is 0.507. The fourth-order valence-electron chi connectivity index (χ4n) is 6.18. The van der Waals surface area contributed by atoms with Crippen LogP contribution in [0.2, 0.25) is 35.3 Å². The van der Waals surface area contributed by atoms with Gasteiger partial charge in [0.2, 0.25) is 0 Å². The lowest BCUT2D eigenvalue weighted by molar-refractivity contribution is -0.142. The van der Waals surface area contributed by atoms with Crippen molar-refractivity contribution in [3.8, 4) is 0 Å². The molecule has 2 aliphatic rings. The summed E-state index contributed by atoms with van der Waals surface area (Å²) < 4.78 is 12.4. The lowest BCUT2D eigenvalue weighted by Gasteiger charge is -2.43. The Labute approximate surface area is 157 Å². The average Bonchev–Trinajstić information content (AvgIpc) is 3.11. The summed E-state index contributed by atoms with van der Waals surface area (Å²) in [5.74, 6) is 1.45. The second-order valence-electron chi connectivity index (χ2n) is 10.00. The Hall–Kier alpha value is -0.136. The normalized spacial score (nSPS) is 29.9. The van der Waals surface area contributed by atoms with Crippen LogP contribution in [0.4, 0.5) is 0 Å². The van der Waals surface area contributed by atoms with Gasteiger partial charge in [0.15, 0.2) is 8.32 Å². The maximum atomic E-state index is 13.3. The van der Waals surface area contributed by atoms with Gasteiger partial charge < -0.3 is 8.85 Å². The van der Waals surface area contributed by atoms with E-state index in [0.29, 0.717) is 34.0 Å². The van der Waals surface area contributed by atoms with Gasteiger partial charge in [0.25, 0.3) is 14.3 Å². The molecule has 2 rings (SSSR count). The second-order valence-corrected chi connectivity index (χ2v) is 19.7. The Kier molecular flexibility index (Phi) is 6.33. The lowest BCUT2D eigenvalue weighted by Crippen LogP contribution is -2.51. The Morgan fingerprint density at radius 1 is 0.920 bits per heavy atom. The lowest BCUT2D eigenvalue weighted by atomic mass is 9.88. The summed E-state index contributed by atoms with van der Waals surface area (Å²) in [4.78, 5) is 13.3. The number of rotatable bonds is 7. The van der Waals surface area contributed by atoms with Crippen molar-refractivity contribution in [2.24, 2.45) is 17.8 Å². The van der Waals surface area contributed by atoms with Gasteiger partial charge in [-0.05, 0) is 66.4 Å². The maximum Gasteiger partial charge on any atom is 0.295 e. The molecule has 0 aromatic rings. The van der Waals surface area contributed by atoms with Crippen LogP contribution >= 0.6 is 0 Å². The molecule has 0 spiro atoms. The molecule has 25 heavy (non-hydrogen) atoms. The van der Waals surface area contributed by atoms with E-state index in [1.165, 1.54) is 12.8 Å². The van der Waals surface area contributed by atoms with Gasteiger partial charge in [0, 0.05) is 7.11 Å². The number of hydrogen-bond donors (Lipinski definition) is 0. The van der Waals surface area contributed by atoms with Gasteiger partial charge >= 0.3 is 0 Å². The smallest absolute Gasteiger partial charge is 0.295 e. The van der Waals surface area contributed by atoms with Crippen LogP contribution in [0, 0.1) is 17.8 Å². The highest BCUT2D eigenvalue weighted by Crippen LogP contribution is 2.59. The van der Waals surface area contributed by atoms with Crippen LogP contribution in [-0.4, -0.2) is 29.7 Å². The Bertz CT molecular complexity index is 466. The van der Waals surface area contributed by atoms with Crippen molar-refractivity contribution < 1.29 is 13.6 Å². The molecule has 0 N–H and O–H groups in total. The minimum atomic E-state index is -2.13. The van der Waals surface area contributed by atoms with E-state index in [-0.39, 0.29) is 11.9 Å². The molecule has 2 bridgehead atoms. The molecule has 146 valence electrons.